The Kier molecular flexibility index (Phi) is 5.99. The van der Waals surface area contributed by atoms with Crippen molar-refractivity contribution in [1.82, 2.24) is 5.32 Å². The molecular weight excluding hydrogens is 335 g/mol. The van der Waals surface area contributed by atoms with E-state index in [2.05, 4.69) is 5.32 Å². The highest BCUT2D eigenvalue weighted by atomic mass is 35.5. The van der Waals surface area contributed by atoms with Crippen LogP contribution in [-0.2, 0) is 16.8 Å². The fourth-order valence-corrected chi connectivity index (χ4v) is 2.89. The fraction of sp³-hybridized carbons (Fsp3) is 0.353. The van der Waals surface area contributed by atoms with Gasteiger partial charge in [0.15, 0.2) is 0 Å². The quantitative estimate of drug-likeness (QED) is 0.885. The van der Waals surface area contributed by atoms with Crippen molar-refractivity contribution in [2.24, 2.45) is 5.73 Å². The molecule has 1 aliphatic heterocycles. The second-order valence-corrected chi connectivity index (χ2v) is 5.66. The number of carbonyl (C=O) groups excluding carboxylic acids is 1. The topological polar surface area (TPSA) is 77.5 Å². The fourth-order valence-electron chi connectivity index (χ4n) is 2.89. The molecule has 1 aliphatic rings. The van der Waals surface area contributed by atoms with E-state index in [4.69, 9.17) is 14.9 Å². The molecule has 5 nitrogen and oxygen atoms in total. The Morgan fingerprint density at radius 3 is 2.67 bits per heavy atom. The maximum Gasteiger partial charge on any atom is 0.255 e. The summed E-state index contributed by atoms with van der Waals surface area (Å²) in [5, 5.41) is 3.04. The van der Waals surface area contributed by atoms with E-state index in [1.165, 1.54) is 18.4 Å². The minimum atomic E-state index is -0.641. The molecule has 0 aliphatic carbocycles. The molecule has 1 fully saturated rings. The lowest BCUT2D eigenvalue weighted by Gasteiger charge is -2.38. The van der Waals surface area contributed by atoms with Crippen LogP contribution in [0.25, 0.3) is 0 Å². The molecule has 1 saturated heterocycles. The predicted octanol–water partition coefficient (Wildman–Crippen LogP) is 2.73. The van der Waals surface area contributed by atoms with Crippen LogP contribution in [0.3, 0.4) is 0 Å². The smallest absolute Gasteiger partial charge is 0.255 e. The maximum absolute atomic E-state index is 13.6. The summed E-state index contributed by atoms with van der Waals surface area (Å²) in [7, 11) is 0. The zero-order valence-electron chi connectivity index (χ0n) is 13.1. The summed E-state index contributed by atoms with van der Waals surface area (Å²) in [6.45, 7) is 1.25. The highest BCUT2D eigenvalue weighted by Crippen LogP contribution is 2.33. The summed E-state index contributed by atoms with van der Waals surface area (Å²) in [5.41, 5.74) is 6.01. The number of halogens is 2. The lowest BCUT2D eigenvalue weighted by atomic mass is 9.82. The number of rotatable bonds is 4. The number of nitrogens with two attached hydrogens (primary N) is 1. The van der Waals surface area contributed by atoms with Gasteiger partial charge in [0.25, 0.3) is 5.91 Å². The van der Waals surface area contributed by atoms with E-state index in [1.807, 2.05) is 6.07 Å². The number of amides is 1. The van der Waals surface area contributed by atoms with Crippen molar-refractivity contribution in [2.75, 3.05) is 13.2 Å². The zero-order chi connectivity index (χ0) is 16.3. The van der Waals surface area contributed by atoms with Gasteiger partial charge in [-0.3, -0.25) is 4.79 Å². The third-order valence-corrected chi connectivity index (χ3v) is 4.19. The van der Waals surface area contributed by atoms with Gasteiger partial charge in [-0.1, -0.05) is 12.1 Å². The summed E-state index contributed by atoms with van der Waals surface area (Å²) in [4.78, 5) is 12.6. The van der Waals surface area contributed by atoms with Crippen LogP contribution in [0.15, 0.2) is 41.0 Å². The van der Waals surface area contributed by atoms with Crippen LogP contribution in [-0.4, -0.2) is 19.1 Å². The van der Waals surface area contributed by atoms with Crippen LogP contribution in [0.1, 0.15) is 34.5 Å². The van der Waals surface area contributed by atoms with Gasteiger partial charge < -0.3 is 20.2 Å². The number of ether oxygens (including phenoxy) is 1. The number of hydrogen-bond acceptors (Lipinski definition) is 4. The summed E-state index contributed by atoms with van der Waals surface area (Å²) in [6.07, 6.45) is 2.56. The van der Waals surface area contributed by atoms with Crippen molar-refractivity contribution in [3.05, 3.63) is 59.3 Å². The minimum Gasteiger partial charge on any atom is -0.467 e. The average Bonchev–Trinajstić information content (AvgIpc) is 3.05. The lowest BCUT2D eigenvalue weighted by molar-refractivity contribution is 0.0344. The SMILES string of the molecule is Cl.NCc1cc(C(=O)NC2(c3cccc(F)c3)CCOCC2)co1. The molecule has 24 heavy (non-hydrogen) atoms. The molecule has 1 aromatic carbocycles. The van der Waals surface area contributed by atoms with Gasteiger partial charge in [-0.25, -0.2) is 4.39 Å². The molecule has 3 rings (SSSR count). The van der Waals surface area contributed by atoms with Crippen molar-refractivity contribution < 1.29 is 18.3 Å². The Hall–Kier alpha value is -1.89. The van der Waals surface area contributed by atoms with Gasteiger partial charge in [-0.2, -0.15) is 0 Å². The maximum atomic E-state index is 13.6. The molecule has 2 heterocycles. The Labute approximate surface area is 145 Å². The van der Waals surface area contributed by atoms with Crippen LogP contribution in [0, 0.1) is 5.82 Å². The van der Waals surface area contributed by atoms with E-state index in [-0.39, 0.29) is 30.7 Å². The Balaban J connectivity index is 0.00000208. The third kappa shape index (κ3) is 3.77. The number of nitrogens with one attached hydrogen (secondary N) is 1. The molecular formula is C17H20ClFN2O3. The first-order chi connectivity index (χ1) is 11.1. The standard InChI is InChI=1S/C17H19FN2O3.ClH/c18-14-3-1-2-13(9-14)17(4-6-22-7-5-17)20-16(21)12-8-15(10-19)23-11-12;/h1-3,8-9,11H,4-7,10,19H2,(H,20,21);1H. The normalized spacial score (nSPS) is 16.2. The lowest BCUT2D eigenvalue weighted by Crippen LogP contribution is -2.49. The van der Waals surface area contributed by atoms with E-state index in [0.717, 1.165) is 5.56 Å². The van der Waals surface area contributed by atoms with Crippen molar-refractivity contribution in [3.63, 3.8) is 0 Å². The molecule has 0 radical (unpaired) electrons. The predicted molar refractivity (Wildman–Crippen MR) is 89.4 cm³/mol. The number of benzene rings is 1. The van der Waals surface area contributed by atoms with Crippen LogP contribution >= 0.6 is 12.4 Å². The summed E-state index contributed by atoms with van der Waals surface area (Å²) in [5.74, 6) is -0.0436. The van der Waals surface area contributed by atoms with Gasteiger partial charge >= 0.3 is 0 Å². The molecule has 0 saturated carbocycles. The van der Waals surface area contributed by atoms with Crippen molar-refractivity contribution in [3.8, 4) is 0 Å². The van der Waals surface area contributed by atoms with E-state index in [0.29, 0.717) is 37.4 Å². The van der Waals surface area contributed by atoms with Gasteiger partial charge in [0, 0.05) is 13.2 Å². The first-order valence-electron chi connectivity index (χ1n) is 7.57. The zero-order valence-corrected chi connectivity index (χ0v) is 13.9. The van der Waals surface area contributed by atoms with E-state index >= 15 is 0 Å². The second-order valence-electron chi connectivity index (χ2n) is 5.66. The first kappa shape index (κ1) is 18.4. The first-order valence-corrected chi connectivity index (χ1v) is 7.57. The van der Waals surface area contributed by atoms with Gasteiger partial charge in [0.05, 0.1) is 17.6 Å². The van der Waals surface area contributed by atoms with Crippen molar-refractivity contribution in [2.45, 2.75) is 24.9 Å². The monoisotopic (exact) mass is 354 g/mol. The molecule has 7 heteroatoms. The largest absolute Gasteiger partial charge is 0.467 e. The van der Waals surface area contributed by atoms with Gasteiger partial charge in [0.1, 0.15) is 17.8 Å². The van der Waals surface area contributed by atoms with E-state index < -0.39 is 5.54 Å². The van der Waals surface area contributed by atoms with Crippen LogP contribution in [0.5, 0.6) is 0 Å². The Morgan fingerprint density at radius 1 is 1.29 bits per heavy atom. The third-order valence-electron chi connectivity index (χ3n) is 4.19. The average molecular weight is 355 g/mol. The van der Waals surface area contributed by atoms with Crippen LogP contribution < -0.4 is 11.1 Å². The molecule has 0 unspecified atom stereocenters. The summed E-state index contributed by atoms with van der Waals surface area (Å²) < 4.78 is 24.2. The molecule has 1 amide bonds. The van der Waals surface area contributed by atoms with E-state index in [9.17, 15) is 9.18 Å². The van der Waals surface area contributed by atoms with Crippen LogP contribution in [0.2, 0.25) is 0 Å². The molecule has 0 spiro atoms. The number of furan rings is 1. The second kappa shape index (κ2) is 7.79. The molecule has 0 atom stereocenters. The summed E-state index contributed by atoms with van der Waals surface area (Å²) in [6, 6.07) is 7.95. The van der Waals surface area contributed by atoms with Crippen molar-refractivity contribution in [1.29, 1.82) is 0 Å². The molecule has 1 aromatic heterocycles. The number of hydrogen-bond donors (Lipinski definition) is 2. The van der Waals surface area contributed by atoms with Gasteiger partial charge in [0.2, 0.25) is 0 Å². The molecule has 3 N–H and O–H groups in total. The Bertz CT molecular complexity index is 699. The molecule has 130 valence electrons. The van der Waals surface area contributed by atoms with E-state index in [1.54, 1.807) is 12.1 Å². The summed E-state index contributed by atoms with van der Waals surface area (Å²) >= 11 is 0. The highest BCUT2D eigenvalue weighted by molar-refractivity contribution is 5.94. The highest BCUT2D eigenvalue weighted by Gasteiger charge is 2.36. The Morgan fingerprint density at radius 2 is 2.04 bits per heavy atom. The van der Waals surface area contributed by atoms with Gasteiger partial charge in [-0.15, -0.1) is 12.4 Å². The van der Waals surface area contributed by atoms with Crippen LogP contribution in [0.4, 0.5) is 4.39 Å². The van der Waals surface area contributed by atoms with Gasteiger partial charge in [-0.05, 0) is 36.6 Å². The molecule has 0 bridgehead atoms. The molecule has 2 aromatic rings. The van der Waals surface area contributed by atoms with Crippen molar-refractivity contribution >= 4 is 18.3 Å². The number of carbonyl (C=O) groups is 1. The minimum absolute atomic E-state index is 0.